The molecule has 1 fully saturated rings. The van der Waals surface area contributed by atoms with E-state index in [2.05, 4.69) is 30.6 Å². The lowest BCUT2D eigenvalue weighted by Gasteiger charge is -2.30. The summed E-state index contributed by atoms with van der Waals surface area (Å²) in [7, 11) is 0. The lowest BCUT2D eigenvalue weighted by Crippen LogP contribution is -2.36. The van der Waals surface area contributed by atoms with Gasteiger partial charge in [0.25, 0.3) is 5.91 Å². The molecule has 0 radical (unpaired) electrons. The highest BCUT2D eigenvalue weighted by molar-refractivity contribution is 6.04. The van der Waals surface area contributed by atoms with Gasteiger partial charge >= 0.3 is 0 Å². The van der Waals surface area contributed by atoms with E-state index < -0.39 is 0 Å². The van der Waals surface area contributed by atoms with Gasteiger partial charge in [-0.05, 0) is 62.2 Å². The molecule has 0 spiro atoms. The first-order chi connectivity index (χ1) is 17.5. The number of nitrogens with one attached hydrogen (secondary N) is 2. The SMILES string of the molecule is CCn1cc2ncc(N[C@@H](C)c3cccc(NC(=O)c4ccc(N5CCOCC5)c(C)c4)c3)nc2n1. The lowest BCUT2D eigenvalue weighted by molar-refractivity contribution is 0.102. The summed E-state index contributed by atoms with van der Waals surface area (Å²) in [5, 5.41) is 10.9. The van der Waals surface area contributed by atoms with Crippen molar-refractivity contribution in [2.45, 2.75) is 33.4 Å². The third-order valence-electron chi connectivity index (χ3n) is 6.42. The molecule has 0 bridgehead atoms. The van der Waals surface area contributed by atoms with Crippen LogP contribution in [-0.4, -0.2) is 52.0 Å². The van der Waals surface area contributed by atoms with Crippen LogP contribution in [0.15, 0.2) is 54.9 Å². The average Bonchev–Trinajstić information content (AvgIpc) is 3.32. The van der Waals surface area contributed by atoms with E-state index in [1.165, 1.54) is 0 Å². The second kappa shape index (κ2) is 10.3. The average molecular weight is 486 g/mol. The highest BCUT2D eigenvalue weighted by Gasteiger charge is 2.16. The molecule has 5 rings (SSSR count). The van der Waals surface area contributed by atoms with Crippen LogP contribution in [0.2, 0.25) is 0 Å². The van der Waals surface area contributed by atoms with Gasteiger partial charge in [0.2, 0.25) is 5.65 Å². The molecule has 0 aliphatic carbocycles. The van der Waals surface area contributed by atoms with Crippen LogP contribution in [0.3, 0.4) is 0 Å². The van der Waals surface area contributed by atoms with Gasteiger partial charge in [-0.15, -0.1) is 0 Å². The van der Waals surface area contributed by atoms with Gasteiger partial charge in [-0.3, -0.25) is 9.48 Å². The van der Waals surface area contributed by atoms with Gasteiger partial charge in [0.1, 0.15) is 11.3 Å². The van der Waals surface area contributed by atoms with E-state index in [0.717, 1.165) is 60.9 Å². The molecule has 1 amide bonds. The molecule has 1 atom stereocenters. The van der Waals surface area contributed by atoms with E-state index in [0.29, 0.717) is 17.0 Å². The zero-order valence-electron chi connectivity index (χ0n) is 20.9. The van der Waals surface area contributed by atoms with Crippen molar-refractivity contribution in [3.8, 4) is 0 Å². The van der Waals surface area contributed by atoms with Crippen LogP contribution in [0.5, 0.6) is 0 Å². The number of benzene rings is 2. The summed E-state index contributed by atoms with van der Waals surface area (Å²) in [6.45, 7) is 10.1. The number of ether oxygens (including phenoxy) is 1. The van der Waals surface area contributed by atoms with Crippen molar-refractivity contribution in [3.63, 3.8) is 0 Å². The summed E-state index contributed by atoms with van der Waals surface area (Å²) in [5.74, 6) is 0.522. The van der Waals surface area contributed by atoms with Crippen molar-refractivity contribution in [1.29, 1.82) is 0 Å². The second-order valence-electron chi connectivity index (χ2n) is 9.00. The van der Waals surface area contributed by atoms with E-state index in [4.69, 9.17) is 4.74 Å². The molecule has 0 saturated carbocycles. The van der Waals surface area contributed by atoms with E-state index >= 15 is 0 Å². The van der Waals surface area contributed by atoms with Gasteiger partial charge in [-0.1, -0.05) is 12.1 Å². The van der Waals surface area contributed by atoms with Crippen molar-refractivity contribution < 1.29 is 9.53 Å². The molecule has 1 aliphatic rings. The molecule has 36 heavy (non-hydrogen) atoms. The Kier molecular flexibility index (Phi) is 6.81. The van der Waals surface area contributed by atoms with Gasteiger partial charge in [0.15, 0.2) is 0 Å². The highest BCUT2D eigenvalue weighted by Crippen LogP contribution is 2.24. The Bertz CT molecular complexity index is 1380. The molecule has 1 aliphatic heterocycles. The topological polar surface area (TPSA) is 97.2 Å². The Balaban J connectivity index is 1.26. The normalized spacial score (nSPS) is 14.6. The van der Waals surface area contributed by atoms with Crippen LogP contribution in [0, 0.1) is 6.92 Å². The van der Waals surface area contributed by atoms with E-state index in [-0.39, 0.29) is 11.9 Å². The Labute approximate surface area is 210 Å². The number of aryl methyl sites for hydroxylation is 2. The van der Waals surface area contributed by atoms with Crippen molar-refractivity contribution >= 4 is 34.3 Å². The molecule has 2 aromatic heterocycles. The van der Waals surface area contributed by atoms with Crippen LogP contribution in [-0.2, 0) is 11.3 Å². The maximum Gasteiger partial charge on any atom is 0.255 e. The standard InChI is InChI=1S/C27H31N7O2/c1-4-34-17-23-26(32-34)31-25(16-28-23)29-19(3)20-6-5-7-22(15-20)30-27(35)21-8-9-24(18(2)14-21)33-10-12-36-13-11-33/h5-9,14-17,19H,4,10-13H2,1-3H3,(H,30,35)(H,29,31,32)/t19-/m0/s1. The molecular formula is C27H31N7O2. The Morgan fingerprint density at radius 1 is 1.17 bits per heavy atom. The smallest absolute Gasteiger partial charge is 0.255 e. The van der Waals surface area contributed by atoms with Crippen LogP contribution in [0.1, 0.15) is 41.4 Å². The predicted molar refractivity (Wildman–Crippen MR) is 142 cm³/mol. The molecular weight excluding hydrogens is 454 g/mol. The number of hydrogen-bond donors (Lipinski definition) is 2. The van der Waals surface area contributed by atoms with Gasteiger partial charge in [-0.25, -0.2) is 9.97 Å². The van der Waals surface area contributed by atoms with Gasteiger partial charge in [0, 0.05) is 36.6 Å². The number of hydrogen-bond acceptors (Lipinski definition) is 7. The maximum absolute atomic E-state index is 13.0. The zero-order chi connectivity index (χ0) is 25.1. The highest BCUT2D eigenvalue weighted by atomic mass is 16.5. The van der Waals surface area contributed by atoms with Gasteiger partial charge in [-0.2, -0.15) is 5.10 Å². The summed E-state index contributed by atoms with van der Waals surface area (Å²) < 4.78 is 7.27. The number of anilines is 3. The first kappa shape index (κ1) is 23.7. The minimum atomic E-state index is -0.132. The van der Waals surface area contributed by atoms with Crippen LogP contribution >= 0.6 is 0 Å². The minimum Gasteiger partial charge on any atom is -0.378 e. The molecule has 2 aromatic carbocycles. The number of rotatable bonds is 7. The summed E-state index contributed by atoms with van der Waals surface area (Å²) >= 11 is 0. The van der Waals surface area contributed by atoms with Gasteiger partial charge in [0.05, 0.1) is 31.6 Å². The number of amides is 1. The minimum absolute atomic E-state index is 0.0445. The van der Waals surface area contributed by atoms with E-state index in [1.807, 2.05) is 74.1 Å². The van der Waals surface area contributed by atoms with Crippen molar-refractivity contribution in [1.82, 2.24) is 19.7 Å². The summed E-state index contributed by atoms with van der Waals surface area (Å²) in [6, 6.07) is 13.6. The monoisotopic (exact) mass is 485 g/mol. The number of nitrogens with zero attached hydrogens (tertiary/aromatic N) is 5. The number of aromatic nitrogens is 4. The molecule has 4 aromatic rings. The van der Waals surface area contributed by atoms with E-state index in [9.17, 15) is 4.79 Å². The fourth-order valence-corrected chi connectivity index (χ4v) is 4.43. The molecule has 2 N–H and O–H groups in total. The summed E-state index contributed by atoms with van der Waals surface area (Å²) in [4.78, 5) is 24.3. The van der Waals surface area contributed by atoms with Crippen LogP contribution < -0.4 is 15.5 Å². The third-order valence-corrected chi connectivity index (χ3v) is 6.42. The molecule has 9 nitrogen and oxygen atoms in total. The van der Waals surface area contributed by atoms with E-state index in [1.54, 1.807) is 6.20 Å². The summed E-state index contributed by atoms with van der Waals surface area (Å²) in [6.07, 6.45) is 3.61. The number of morpholine rings is 1. The Morgan fingerprint density at radius 3 is 2.78 bits per heavy atom. The van der Waals surface area contributed by atoms with Crippen molar-refractivity contribution in [2.24, 2.45) is 0 Å². The molecule has 9 heteroatoms. The second-order valence-corrected chi connectivity index (χ2v) is 9.00. The fourth-order valence-electron chi connectivity index (χ4n) is 4.43. The number of carbonyl (C=O) groups is 1. The Hall–Kier alpha value is -3.98. The number of carbonyl (C=O) groups excluding carboxylic acids is 1. The summed E-state index contributed by atoms with van der Waals surface area (Å²) in [5.41, 5.74) is 6.02. The molecule has 186 valence electrons. The van der Waals surface area contributed by atoms with Gasteiger partial charge < -0.3 is 20.3 Å². The Morgan fingerprint density at radius 2 is 2.00 bits per heavy atom. The quantitative estimate of drug-likeness (QED) is 0.400. The first-order valence-electron chi connectivity index (χ1n) is 12.3. The molecule has 1 saturated heterocycles. The molecule has 0 unspecified atom stereocenters. The largest absolute Gasteiger partial charge is 0.378 e. The zero-order valence-corrected chi connectivity index (χ0v) is 20.9. The fraction of sp³-hybridized carbons (Fsp3) is 0.333. The van der Waals surface area contributed by atoms with Crippen LogP contribution in [0.4, 0.5) is 17.2 Å². The molecule has 3 heterocycles. The predicted octanol–water partition coefficient (Wildman–Crippen LogP) is 4.42. The first-order valence-corrected chi connectivity index (χ1v) is 12.3. The van der Waals surface area contributed by atoms with Crippen molar-refractivity contribution in [3.05, 3.63) is 71.5 Å². The van der Waals surface area contributed by atoms with Crippen LogP contribution in [0.25, 0.3) is 11.2 Å². The lowest BCUT2D eigenvalue weighted by atomic mass is 10.1. The third kappa shape index (κ3) is 5.16. The van der Waals surface area contributed by atoms with Crippen molar-refractivity contribution in [2.75, 3.05) is 41.8 Å². The maximum atomic E-state index is 13.0. The number of fused-ring (bicyclic) bond motifs is 1.